The van der Waals surface area contributed by atoms with Gasteiger partial charge in [-0.3, -0.25) is 0 Å². The Balaban J connectivity index is 1.67. The molecule has 0 atom stereocenters. The Labute approximate surface area is 155 Å². The summed E-state index contributed by atoms with van der Waals surface area (Å²) in [5, 5.41) is 12.0. The van der Waals surface area contributed by atoms with E-state index in [4.69, 9.17) is 0 Å². The third kappa shape index (κ3) is 3.81. The molecule has 3 aromatic rings. The van der Waals surface area contributed by atoms with Gasteiger partial charge in [-0.2, -0.15) is 20.2 Å². The first-order valence-corrected chi connectivity index (χ1v) is 8.97. The van der Waals surface area contributed by atoms with Gasteiger partial charge in [0.25, 0.3) is 5.95 Å². The highest BCUT2D eigenvalue weighted by atomic mass is 19.3. The molecule has 0 spiro atoms. The molecule has 1 saturated carbocycles. The molecule has 0 saturated heterocycles. The molecular weight excluding hydrogens is 352 g/mol. The second-order valence-electron chi connectivity index (χ2n) is 6.98. The van der Waals surface area contributed by atoms with Crippen LogP contribution in [-0.2, 0) is 0 Å². The van der Waals surface area contributed by atoms with Gasteiger partial charge in [0.2, 0.25) is 5.92 Å². The second-order valence-corrected chi connectivity index (χ2v) is 6.98. The Morgan fingerprint density at radius 2 is 1.93 bits per heavy atom. The molecule has 1 fully saturated rings. The average molecular weight is 373 g/mol. The fourth-order valence-corrected chi connectivity index (χ4v) is 3.34. The van der Waals surface area contributed by atoms with Crippen molar-refractivity contribution in [1.29, 1.82) is 0 Å². The van der Waals surface area contributed by atoms with Gasteiger partial charge in [0.05, 0.1) is 5.69 Å². The summed E-state index contributed by atoms with van der Waals surface area (Å²) in [6, 6.07) is 5.48. The van der Waals surface area contributed by atoms with Crippen molar-refractivity contribution in [2.24, 2.45) is 0 Å². The number of nitrogens with one attached hydrogen (secondary N) is 1. The monoisotopic (exact) mass is 373 g/mol. The summed E-state index contributed by atoms with van der Waals surface area (Å²) >= 11 is 0. The molecule has 0 aliphatic heterocycles. The lowest BCUT2D eigenvalue weighted by atomic mass is 9.92. The van der Waals surface area contributed by atoms with Crippen LogP contribution in [0.1, 0.15) is 37.1 Å². The molecule has 0 amide bonds. The predicted octanol–water partition coefficient (Wildman–Crippen LogP) is 3.45. The summed E-state index contributed by atoms with van der Waals surface area (Å²) in [7, 11) is 0. The maximum Gasteiger partial charge on any atom is 0.254 e. The number of halogens is 2. The van der Waals surface area contributed by atoms with Crippen LogP contribution in [0.15, 0.2) is 30.6 Å². The average Bonchev–Trinajstić information content (AvgIpc) is 3.26. The Bertz CT molecular complexity index is 923. The van der Waals surface area contributed by atoms with E-state index < -0.39 is 5.92 Å². The number of hydrogen-bond acceptors (Lipinski definition) is 5. The van der Waals surface area contributed by atoms with Crippen LogP contribution in [-0.4, -0.2) is 41.5 Å². The summed E-state index contributed by atoms with van der Waals surface area (Å²) in [6.45, 7) is 3.84. The quantitative estimate of drug-likeness (QED) is 0.758. The molecule has 0 radical (unpaired) electrons. The maximum atomic E-state index is 13.4. The summed E-state index contributed by atoms with van der Waals surface area (Å²) in [6.07, 6.45) is 4.06. The van der Waals surface area contributed by atoms with E-state index in [1.807, 2.05) is 19.9 Å². The smallest absolute Gasteiger partial charge is 0.254 e. The lowest BCUT2D eigenvalue weighted by molar-refractivity contribution is -0.0361. The van der Waals surface area contributed by atoms with E-state index in [2.05, 4.69) is 25.5 Å². The first-order valence-electron chi connectivity index (χ1n) is 8.97. The van der Waals surface area contributed by atoms with Crippen molar-refractivity contribution in [3.8, 4) is 11.8 Å². The van der Waals surface area contributed by atoms with Crippen molar-refractivity contribution in [3.05, 3.63) is 42.0 Å². The standard InChI is InChI=1S/C18H21F2N7/c1-12-10-13(2)27(25-12)17-23-15(11-16(24-17)26-9-3-8-21-26)22-14-4-6-18(19,20)7-5-14/h3,8-11,14H,4-7H2,1-2H3,(H,22,23,24). The van der Waals surface area contributed by atoms with Crippen molar-refractivity contribution < 1.29 is 8.78 Å². The largest absolute Gasteiger partial charge is 0.367 e. The van der Waals surface area contributed by atoms with E-state index in [1.54, 1.807) is 33.9 Å². The van der Waals surface area contributed by atoms with Gasteiger partial charge in [0.15, 0.2) is 5.82 Å². The molecule has 3 aromatic heterocycles. The minimum Gasteiger partial charge on any atom is -0.367 e. The van der Waals surface area contributed by atoms with Crippen LogP contribution in [0.25, 0.3) is 11.8 Å². The highest BCUT2D eigenvalue weighted by Crippen LogP contribution is 2.34. The molecule has 3 heterocycles. The first kappa shape index (κ1) is 17.6. The zero-order valence-electron chi connectivity index (χ0n) is 15.2. The Morgan fingerprint density at radius 1 is 1.15 bits per heavy atom. The number of aromatic nitrogens is 6. The van der Waals surface area contributed by atoms with Gasteiger partial charge < -0.3 is 5.32 Å². The minimum atomic E-state index is -2.56. The van der Waals surface area contributed by atoms with Gasteiger partial charge in [0.1, 0.15) is 5.82 Å². The van der Waals surface area contributed by atoms with E-state index >= 15 is 0 Å². The van der Waals surface area contributed by atoms with Crippen LogP contribution in [0.5, 0.6) is 0 Å². The lowest BCUT2D eigenvalue weighted by Gasteiger charge is -2.29. The van der Waals surface area contributed by atoms with Gasteiger partial charge in [-0.25, -0.2) is 18.1 Å². The Morgan fingerprint density at radius 3 is 2.56 bits per heavy atom. The predicted molar refractivity (Wildman–Crippen MR) is 96.6 cm³/mol. The molecule has 0 aromatic carbocycles. The van der Waals surface area contributed by atoms with Gasteiger partial charge >= 0.3 is 0 Å². The number of hydrogen-bond donors (Lipinski definition) is 1. The van der Waals surface area contributed by atoms with Crippen molar-refractivity contribution in [1.82, 2.24) is 29.5 Å². The molecule has 1 aliphatic rings. The molecule has 1 aliphatic carbocycles. The number of nitrogens with zero attached hydrogens (tertiary/aromatic N) is 6. The summed E-state index contributed by atoms with van der Waals surface area (Å²) < 4.78 is 30.1. The van der Waals surface area contributed by atoms with Gasteiger partial charge in [-0.05, 0) is 38.8 Å². The maximum absolute atomic E-state index is 13.4. The molecule has 0 unspecified atom stereocenters. The third-order valence-electron chi connectivity index (χ3n) is 4.71. The second kappa shape index (κ2) is 6.71. The van der Waals surface area contributed by atoms with Crippen LogP contribution >= 0.6 is 0 Å². The fraction of sp³-hybridized carbons (Fsp3) is 0.444. The molecule has 7 nitrogen and oxygen atoms in total. The molecule has 27 heavy (non-hydrogen) atoms. The fourth-order valence-electron chi connectivity index (χ4n) is 3.34. The van der Waals surface area contributed by atoms with Crippen molar-refractivity contribution in [3.63, 3.8) is 0 Å². The molecule has 9 heteroatoms. The zero-order valence-corrected chi connectivity index (χ0v) is 15.2. The number of aryl methyl sites for hydroxylation is 2. The molecule has 1 N–H and O–H groups in total. The van der Waals surface area contributed by atoms with Gasteiger partial charge in [0, 0.05) is 43.0 Å². The van der Waals surface area contributed by atoms with E-state index in [0.29, 0.717) is 30.4 Å². The number of anilines is 1. The van der Waals surface area contributed by atoms with Crippen LogP contribution in [0.2, 0.25) is 0 Å². The Hall–Kier alpha value is -2.84. The van der Waals surface area contributed by atoms with Gasteiger partial charge in [-0.1, -0.05) is 0 Å². The normalized spacial score (nSPS) is 17.2. The van der Waals surface area contributed by atoms with Crippen molar-refractivity contribution in [2.45, 2.75) is 51.5 Å². The van der Waals surface area contributed by atoms with Crippen molar-refractivity contribution >= 4 is 5.82 Å². The number of alkyl halides is 2. The van der Waals surface area contributed by atoms with E-state index in [1.165, 1.54) is 0 Å². The van der Waals surface area contributed by atoms with Crippen LogP contribution < -0.4 is 5.32 Å². The van der Waals surface area contributed by atoms with Gasteiger partial charge in [-0.15, -0.1) is 0 Å². The van der Waals surface area contributed by atoms with Crippen molar-refractivity contribution in [2.75, 3.05) is 5.32 Å². The molecule has 142 valence electrons. The third-order valence-corrected chi connectivity index (χ3v) is 4.71. The highest BCUT2D eigenvalue weighted by molar-refractivity contribution is 5.45. The lowest BCUT2D eigenvalue weighted by Crippen LogP contribution is -2.32. The molecule has 0 bridgehead atoms. The SMILES string of the molecule is Cc1cc(C)n(-c2nc(NC3CCC(F)(F)CC3)cc(-n3cccn3)n2)n1. The van der Waals surface area contributed by atoms with Crippen LogP contribution in [0, 0.1) is 13.8 Å². The van der Waals surface area contributed by atoms with E-state index in [0.717, 1.165) is 11.4 Å². The zero-order chi connectivity index (χ0) is 19.0. The highest BCUT2D eigenvalue weighted by Gasteiger charge is 2.35. The van der Waals surface area contributed by atoms with E-state index in [9.17, 15) is 8.78 Å². The summed E-state index contributed by atoms with van der Waals surface area (Å²) in [5.41, 5.74) is 1.78. The van der Waals surface area contributed by atoms with E-state index in [-0.39, 0.29) is 18.9 Å². The topological polar surface area (TPSA) is 73.5 Å². The van der Waals surface area contributed by atoms with Crippen LogP contribution in [0.4, 0.5) is 14.6 Å². The summed E-state index contributed by atoms with van der Waals surface area (Å²) in [4.78, 5) is 9.13. The summed E-state index contributed by atoms with van der Waals surface area (Å²) in [5.74, 6) is -0.981. The Kier molecular flexibility index (Phi) is 4.37. The first-order chi connectivity index (χ1) is 12.9. The van der Waals surface area contributed by atoms with Crippen LogP contribution in [0.3, 0.4) is 0 Å². The minimum absolute atomic E-state index is 0.0432. The number of rotatable bonds is 4. The molecular formula is C18H21F2N7. The molecule has 4 rings (SSSR count).